The fraction of sp³-hybridized carbons (Fsp3) is 0.500. The second kappa shape index (κ2) is 5.08. The van der Waals surface area contributed by atoms with Crippen LogP contribution >= 0.6 is 15.9 Å². The lowest BCUT2D eigenvalue weighted by Crippen LogP contribution is -2.37. The summed E-state index contributed by atoms with van der Waals surface area (Å²) in [6, 6.07) is 7.67. The Labute approximate surface area is 118 Å². The molecule has 0 bridgehead atoms. The van der Waals surface area contributed by atoms with Gasteiger partial charge in [-0.05, 0) is 42.7 Å². The van der Waals surface area contributed by atoms with Crippen LogP contribution in [0.4, 0.5) is 0 Å². The Kier molecular flexibility index (Phi) is 3.86. The van der Waals surface area contributed by atoms with Gasteiger partial charge in [0.05, 0.1) is 0 Å². The van der Waals surface area contributed by atoms with Crippen LogP contribution in [0.3, 0.4) is 0 Å². The molecule has 1 unspecified atom stereocenters. The third-order valence-electron chi connectivity index (χ3n) is 4.32. The van der Waals surface area contributed by atoms with E-state index < -0.39 is 0 Å². The van der Waals surface area contributed by atoms with E-state index in [4.69, 9.17) is 0 Å². The molecule has 0 radical (unpaired) electrons. The number of para-hydroxylation sites is 1. The van der Waals surface area contributed by atoms with Crippen LogP contribution in [0.1, 0.15) is 32.8 Å². The van der Waals surface area contributed by atoms with Gasteiger partial charge in [-0.2, -0.15) is 0 Å². The monoisotopic (exact) mass is 308 g/mol. The van der Waals surface area contributed by atoms with Gasteiger partial charge < -0.3 is 5.11 Å². The molecular formula is C16H21BrO. The number of hydrogen-bond donors (Lipinski definition) is 1. The molecule has 2 rings (SSSR count). The first-order chi connectivity index (χ1) is 8.43. The number of benzene rings is 1. The first-order valence-electron chi connectivity index (χ1n) is 6.50. The Morgan fingerprint density at radius 2 is 2.00 bits per heavy atom. The lowest BCUT2D eigenvalue weighted by molar-refractivity contribution is 0.225. The summed E-state index contributed by atoms with van der Waals surface area (Å²) < 4.78 is 0. The van der Waals surface area contributed by atoms with Gasteiger partial charge in [-0.1, -0.05) is 59.6 Å². The Morgan fingerprint density at radius 1 is 1.33 bits per heavy atom. The Hall–Kier alpha value is -0.760. The highest BCUT2D eigenvalue weighted by molar-refractivity contribution is 9.09. The number of alkyl halides is 1. The molecule has 98 valence electrons. The minimum Gasteiger partial charge on any atom is -0.508 e. The van der Waals surface area contributed by atoms with Gasteiger partial charge >= 0.3 is 0 Å². The average molecular weight is 309 g/mol. The molecule has 0 fully saturated rings. The van der Waals surface area contributed by atoms with E-state index in [9.17, 15) is 5.11 Å². The summed E-state index contributed by atoms with van der Waals surface area (Å²) in [5, 5.41) is 9.93. The molecule has 2 atom stereocenters. The molecule has 18 heavy (non-hydrogen) atoms. The molecule has 0 aliphatic heterocycles. The van der Waals surface area contributed by atoms with E-state index in [0.29, 0.717) is 16.5 Å². The van der Waals surface area contributed by atoms with E-state index in [0.717, 1.165) is 18.4 Å². The van der Waals surface area contributed by atoms with Gasteiger partial charge in [-0.15, -0.1) is 0 Å². The predicted molar refractivity (Wildman–Crippen MR) is 80.2 cm³/mol. The van der Waals surface area contributed by atoms with Gasteiger partial charge in [0, 0.05) is 4.83 Å². The van der Waals surface area contributed by atoms with Crippen LogP contribution in [0, 0.1) is 11.3 Å². The zero-order valence-corrected chi connectivity index (χ0v) is 12.9. The van der Waals surface area contributed by atoms with Crippen molar-refractivity contribution in [3.05, 3.63) is 41.5 Å². The van der Waals surface area contributed by atoms with Crippen LogP contribution in [0.2, 0.25) is 0 Å². The lowest BCUT2D eigenvalue weighted by atomic mass is 9.66. The van der Waals surface area contributed by atoms with E-state index in [2.05, 4.69) is 42.8 Å². The normalized spacial score (nSPS) is 26.8. The number of halogens is 1. The van der Waals surface area contributed by atoms with Crippen molar-refractivity contribution in [3.63, 3.8) is 0 Å². The number of allylic oxidation sites excluding steroid dienone is 2. The molecule has 0 saturated heterocycles. The molecule has 0 saturated carbocycles. The average Bonchev–Trinajstić information content (AvgIpc) is 2.32. The third kappa shape index (κ3) is 2.49. The van der Waals surface area contributed by atoms with E-state index >= 15 is 0 Å². The number of hydrogen-bond acceptors (Lipinski definition) is 1. The van der Waals surface area contributed by atoms with Crippen molar-refractivity contribution in [3.8, 4) is 5.75 Å². The highest BCUT2D eigenvalue weighted by Gasteiger charge is 2.39. The maximum Gasteiger partial charge on any atom is 0.118 e. The smallest absolute Gasteiger partial charge is 0.118 e. The topological polar surface area (TPSA) is 20.2 Å². The largest absolute Gasteiger partial charge is 0.508 e. The zero-order chi connectivity index (χ0) is 13.3. The number of phenolic OH excluding ortho intramolecular Hbond substituents is 1. The van der Waals surface area contributed by atoms with Crippen molar-refractivity contribution < 1.29 is 5.11 Å². The minimum atomic E-state index is 0.209. The number of aromatic hydroxyl groups is 1. The van der Waals surface area contributed by atoms with Crippen LogP contribution in [-0.4, -0.2) is 9.93 Å². The van der Waals surface area contributed by atoms with Crippen molar-refractivity contribution in [1.29, 1.82) is 0 Å². The van der Waals surface area contributed by atoms with Crippen molar-refractivity contribution in [1.82, 2.24) is 0 Å². The quantitative estimate of drug-likeness (QED) is 0.620. The molecular weight excluding hydrogens is 288 g/mol. The van der Waals surface area contributed by atoms with Gasteiger partial charge in [0.1, 0.15) is 5.75 Å². The van der Waals surface area contributed by atoms with E-state index in [1.807, 2.05) is 18.2 Å². The van der Waals surface area contributed by atoms with Crippen molar-refractivity contribution in [2.24, 2.45) is 11.3 Å². The Balaban J connectivity index is 2.29. The fourth-order valence-electron chi connectivity index (χ4n) is 2.87. The van der Waals surface area contributed by atoms with Crippen LogP contribution in [0.15, 0.2) is 35.9 Å². The molecule has 0 aromatic heterocycles. The summed E-state index contributed by atoms with van der Waals surface area (Å²) >= 11 is 3.80. The van der Waals surface area contributed by atoms with Crippen molar-refractivity contribution >= 4 is 15.9 Å². The molecule has 1 nitrogen and oxygen atoms in total. The summed E-state index contributed by atoms with van der Waals surface area (Å²) in [6.07, 6.45) is 4.33. The van der Waals surface area contributed by atoms with Crippen LogP contribution in [0.25, 0.3) is 0 Å². The summed E-state index contributed by atoms with van der Waals surface area (Å²) in [4.78, 5) is 0.504. The van der Waals surface area contributed by atoms with Crippen molar-refractivity contribution in [2.75, 3.05) is 0 Å². The highest BCUT2D eigenvalue weighted by Crippen LogP contribution is 2.46. The maximum atomic E-state index is 9.93. The SMILES string of the molecule is CC1=CC[C@H](Br)C(C)(C)C1Cc1ccccc1O. The number of phenols is 1. The molecule has 1 aromatic carbocycles. The zero-order valence-electron chi connectivity index (χ0n) is 11.3. The maximum absolute atomic E-state index is 9.93. The van der Waals surface area contributed by atoms with Gasteiger partial charge in [0.2, 0.25) is 0 Å². The molecule has 0 amide bonds. The molecule has 0 heterocycles. The van der Waals surface area contributed by atoms with E-state index in [1.165, 1.54) is 5.57 Å². The fourth-order valence-corrected chi connectivity index (χ4v) is 3.37. The van der Waals surface area contributed by atoms with Crippen LogP contribution < -0.4 is 0 Å². The summed E-state index contributed by atoms with van der Waals surface area (Å²) in [5.41, 5.74) is 2.70. The minimum absolute atomic E-state index is 0.209. The van der Waals surface area contributed by atoms with E-state index in [-0.39, 0.29) is 5.41 Å². The summed E-state index contributed by atoms with van der Waals surface area (Å²) in [7, 11) is 0. The van der Waals surface area contributed by atoms with Gasteiger partial charge in [-0.3, -0.25) is 0 Å². The molecule has 2 heteroatoms. The first-order valence-corrected chi connectivity index (χ1v) is 7.42. The van der Waals surface area contributed by atoms with Crippen molar-refractivity contribution in [2.45, 2.75) is 38.4 Å². The second-order valence-corrected chi connectivity index (χ2v) is 6.96. The number of rotatable bonds is 2. The van der Waals surface area contributed by atoms with Crippen LogP contribution in [-0.2, 0) is 6.42 Å². The Morgan fingerprint density at radius 3 is 2.67 bits per heavy atom. The standard InChI is InChI=1S/C16H21BrO/c1-11-8-9-15(17)16(2,3)13(11)10-12-6-4-5-7-14(12)18/h4-8,13,15,18H,9-10H2,1-3H3/t13?,15-/m0/s1. The summed E-state index contributed by atoms with van der Waals surface area (Å²) in [6.45, 7) is 6.84. The molecule has 0 spiro atoms. The third-order valence-corrected chi connectivity index (χ3v) is 5.87. The molecule has 1 N–H and O–H groups in total. The molecule has 1 aliphatic carbocycles. The van der Waals surface area contributed by atoms with E-state index in [1.54, 1.807) is 6.07 Å². The first kappa shape index (κ1) is 13.7. The lowest BCUT2D eigenvalue weighted by Gasteiger charge is -2.42. The van der Waals surface area contributed by atoms with Crippen LogP contribution in [0.5, 0.6) is 5.75 Å². The second-order valence-electron chi connectivity index (χ2n) is 5.86. The summed E-state index contributed by atoms with van der Waals surface area (Å²) in [5.74, 6) is 0.890. The van der Waals surface area contributed by atoms with Gasteiger partial charge in [0.25, 0.3) is 0 Å². The predicted octanol–water partition coefficient (Wildman–Crippen LogP) is 4.69. The van der Waals surface area contributed by atoms with Gasteiger partial charge in [0.15, 0.2) is 0 Å². The Bertz CT molecular complexity index is 462. The highest BCUT2D eigenvalue weighted by atomic mass is 79.9. The molecule has 1 aromatic rings. The van der Waals surface area contributed by atoms with Gasteiger partial charge in [-0.25, -0.2) is 0 Å². The molecule has 1 aliphatic rings.